The van der Waals surface area contributed by atoms with Crippen molar-refractivity contribution in [2.24, 2.45) is 0 Å². The van der Waals surface area contributed by atoms with E-state index in [4.69, 9.17) is 5.11 Å². The van der Waals surface area contributed by atoms with Gasteiger partial charge in [-0.1, -0.05) is 13.0 Å². The van der Waals surface area contributed by atoms with Crippen molar-refractivity contribution in [3.63, 3.8) is 0 Å². The Bertz CT molecular complexity index is 388. The van der Waals surface area contributed by atoms with E-state index in [0.29, 0.717) is 11.3 Å². The van der Waals surface area contributed by atoms with Crippen LogP contribution in [0.3, 0.4) is 0 Å². The maximum Gasteiger partial charge on any atom is 0.261 e. The van der Waals surface area contributed by atoms with E-state index in [9.17, 15) is 9.59 Å². The van der Waals surface area contributed by atoms with Gasteiger partial charge < -0.3 is 15.7 Å². The van der Waals surface area contributed by atoms with Crippen LogP contribution in [-0.2, 0) is 4.79 Å². The highest BCUT2D eigenvalue weighted by molar-refractivity contribution is 7.12. The molecule has 2 amide bonds. The molecule has 100 valence electrons. The van der Waals surface area contributed by atoms with E-state index in [1.807, 2.05) is 6.92 Å². The number of nitrogens with one attached hydrogen (secondary N) is 2. The van der Waals surface area contributed by atoms with Gasteiger partial charge in [-0.15, -0.1) is 11.3 Å². The average Bonchev–Trinajstić information content (AvgIpc) is 2.89. The van der Waals surface area contributed by atoms with Crippen molar-refractivity contribution in [1.82, 2.24) is 10.6 Å². The van der Waals surface area contributed by atoms with Gasteiger partial charge in [-0.25, -0.2) is 0 Å². The molecule has 18 heavy (non-hydrogen) atoms. The Kier molecular flexibility index (Phi) is 5.80. The Morgan fingerprint density at radius 3 is 2.67 bits per heavy atom. The van der Waals surface area contributed by atoms with Gasteiger partial charge in [-0.2, -0.15) is 0 Å². The lowest BCUT2D eigenvalue weighted by molar-refractivity contribution is -0.123. The van der Waals surface area contributed by atoms with Crippen LogP contribution in [0.1, 0.15) is 29.9 Å². The molecular formula is C12H18N2O3S. The van der Waals surface area contributed by atoms with Crippen LogP contribution in [0.2, 0.25) is 0 Å². The maximum atomic E-state index is 11.7. The second-order valence-electron chi connectivity index (χ2n) is 3.97. The number of hydrogen-bond donors (Lipinski definition) is 3. The molecule has 1 heterocycles. The zero-order valence-electron chi connectivity index (χ0n) is 10.5. The highest BCUT2D eigenvalue weighted by Gasteiger charge is 2.19. The van der Waals surface area contributed by atoms with Gasteiger partial charge in [0.2, 0.25) is 5.91 Å². The lowest BCUT2D eigenvalue weighted by atomic mass is 10.2. The van der Waals surface area contributed by atoms with Crippen molar-refractivity contribution in [3.8, 4) is 0 Å². The minimum atomic E-state index is -0.625. The van der Waals surface area contributed by atoms with E-state index >= 15 is 0 Å². The minimum Gasteiger partial charge on any atom is -0.394 e. The summed E-state index contributed by atoms with van der Waals surface area (Å²) < 4.78 is 0. The van der Waals surface area contributed by atoms with Crippen LogP contribution in [0, 0.1) is 0 Å². The van der Waals surface area contributed by atoms with Crippen LogP contribution in [0.15, 0.2) is 17.5 Å². The lowest BCUT2D eigenvalue weighted by Gasteiger charge is -2.18. The molecule has 0 fully saturated rings. The Balaban J connectivity index is 2.47. The number of rotatable bonds is 6. The Morgan fingerprint density at radius 1 is 1.44 bits per heavy atom. The first-order valence-corrected chi connectivity index (χ1v) is 6.72. The highest BCUT2D eigenvalue weighted by atomic mass is 32.1. The molecule has 6 heteroatoms. The molecule has 0 bridgehead atoms. The van der Waals surface area contributed by atoms with Gasteiger partial charge in [0.25, 0.3) is 5.91 Å². The zero-order valence-corrected chi connectivity index (χ0v) is 11.3. The van der Waals surface area contributed by atoms with E-state index in [-0.39, 0.29) is 24.5 Å². The molecule has 0 aliphatic heterocycles. The van der Waals surface area contributed by atoms with Gasteiger partial charge in [-0.3, -0.25) is 9.59 Å². The van der Waals surface area contributed by atoms with E-state index in [2.05, 4.69) is 10.6 Å². The summed E-state index contributed by atoms with van der Waals surface area (Å²) in [7, 11) is 0. The van der Waals surface area contributed by atoms with Crippen LogP contribution < -0.4 is 10.6 Å². The molecule has 5 nitrogen and oxygen atoms in total. The van der Waals surface area contributed by atoms with Crippen molar-refractivity contribution >= 4 is 23.2 Å². The number of aliphatic hydroxyl groups excluding tert-OH is 1. The van der Waals surface area contributed by atoms with Gasteiger partial charge in [0.15, 0.2) is 0 Å². The van der Waals surface area contributed by atoms with Gasteiger partial charge in [0.1, 0.15) is 6.04 Å². The minimum absolute atomic E-state index is 0.103. The van der Waals surface area contributed by atoms with Crippen LogP contribution in [-0.4, -0.2) is 35.6 Å². The normalized spacial score (nSPS) is 13.7. The standard InChI is InChI=1S/C12H18N2O3S/c1-3-9(7-15)14-11(16)8(2)13-12(17)10-5-4-6-18-10/h4-6,8-9,15H,3,7H2,1-2H3,(H,13,17)(H,14,16)/t8?,9-/m1/s1. The molecule has 3 N–H and O–H groups in total. The molecule has 0 spiro atoms. The number of amides is 2. The van der Waals surface area contributed by atoms with Crippen molar-refractivity contribution in [2.45, 2.75) is 32.4 Å². The summed E-state index contributed by atoms with van der Waals surface area (Å²) in [6.07, 6.45) is 0.647. The number of carbonyl (C=O) groups excluding carboxylic acids is 2. The summed E-state index contributed by atoms with van der Waals surface area (Å²) in [5.41, 5.74) is 0. The van der Waals surface area contributed by atoms with E-state index in [1.54, 1.807) is 24.4 Å². The zero-order chi connectivity index (χ0) is 13.5. The van der Waals surface area contributed by atoms with Gasteiger partial charge in [-0.05, 0) is 24.8 Å². The van der Waals surface area contributed by atoms with Crippen LogP contribution in [0.25, 0.3) is 0 Å². The van der Waals surface area contributed by atoms with Crippen LogP contribution in [0.4, 0.5) is 0 Å². The first kappa shape index (κ1) is 14.7. The number of carbonyl (C=O) groups is 2. The smallest absolute Gasteiger partial charge is 0.261 e. The van der Waals surface area contributed by atoms with Gasteiger partial charge >= 0.3 is 0 Å². The van der Waals surface area contributed by atoms with Crippen molar-refractivity contribution in [3.05, 3.63) is 22.4 Å². The van der Waals surface area contributed by atoms with E-state index in [1.165, 1.54) is 11.3 Å². The molecule has 0 aromatic carbocycles. The summed E-state index contributed by atoms with van der Waals surface area (Å²) in [6.45, 7) is 3.38. The lowest BCUT2D eigenvalue weighted by Crippen LogP contribution is -2.48. The average molecular weight is 270 g/mol. The monoisotopic (exact) mass is 270 g/mol. The summed E-state index contributed by atoms with van der Waals surface area (Å²) in [6, 6.07) is 2.59. The fourth-order valence-electron chi connectivity index (χ4n) is 1.34. The third-order valence-corrected chi connectivity index (χ3v) is 3.41. The van der Waals surface area contributed by atoms with Crippen LogP contribution >= 0.6 is 11.3 Å². The summed E-state index contributed by atoms with van der Waals surface area (Å²) in [5, 5.41) is 16.1. The van der Waals surface area contributed by atoms with Crippen molar-refractivity contribution in [2.75, 3.05) is 6.61 Å². The van der Waals surface area contributed by atoms with E-state index < -0.39 is 6.04 Å². The third kappa shape index (κ3) is 4.12. The summed E-state index contributed by atoms with van der Waals surface area (Å²) >= 11 is 1.32. The molecule has 0 saturated carbocycles. The topological polar surface area (TPSA) is 78.4 Å². The molecule has 0 aliphatic carbocycles. The van der Waals surface area contributed by atoms with Gasteiger partial charge in [0, 0.05) is 0 Å². The quantitative estimate of drug-likeness (QED) is 0.714. The molecule has 1 rings (SSSR count). The first-order chi connectivity index (χ1) is 8.58. The number of hydrogen-bond acceptors (Lipinski definition) is 4. The van der Waals surface area contributed by atoms with Gasteiger partial charge in [0.05, 0.1) is 17.5 Å². The Morgan fingerprint density at radius 2 is 2.17 bits per heavy atom. The molecule has 1 aromatic heterocycles. The second kappa shape index (κ2) is 7.13. The van der Waals surface area contributed by atoms with Crippen molar-refractivity contribution < 1.29 is 14.7 Å². The molecule has 0 saturated heterocycles. The van der Waals surface area contributed by atoms with Crippen LogP contribution in [0.5, 0.6) is 0 Å². The fourth-order valence-corrected chi connectivity index (χ4v) is 1.97. The molecule has 0 aliphatic rings. The molecule has 2 atom stereocenters. The SMILES string of the molecule is CC[C@H](CO)NC(=O)C(C)NC(=O)c1cccs1. The van der Waals surface area contributed by atoms with Crippen molar-refractivity contribution in [1.29, 1.82) is 0 Å². The number of aliphatic hydroxyl groups is 1. The molecular weight excluding hydrogens is 252 g/mol. The molecule has 0 radical (unpaired) electrons. The fraction of sp³-hybridized carbons (Fsp3) is 0.500. The maximum absolute atomic E-state index is 11.7. The first-order valence-electron chi connectivity index (χ1n) is 5.84. The number of thiophene rings is 1. The predicted octanol–water partition coefficient (Wildman–Crippen LogP) is 0.754. The third-order valence-electron chi connectivity index (χ3n) is 2.55. The summed E-state index contributed by atoms with van der Waals surface area (Å²) in [5.74, 6) is -0.550. The Hall–Kier alpha value is -1.40. The van der Waals surface area contributed by atoms with E-state index in [0.717, 1.165) is 0 Å². The summed E-state index contributed by atoms with van der Waals surface area (Å²) in [4.78, 5) is 24.0. The molecule has 1 unspecified atom stereocenters. The predicted molar refractivity (Wildman–Crippen MR) is 70.6 cm³/mol. The second-order valence-corrected chi connectivity index (χ2v) is 4.92. The highest BCUT2D eigenvalue weighted by Crippen LogP contribution is 2.08. The Labute approximate surface area is 110 Å². The largest absolute Gasteiger partial charge is 0.394 e. The molecule has 1 aromatic rings.